The topological polar surface area (TPSA) is 76.2 Å². The number of fused-ring (bicyclic) bond motifs is 1. The second kappa shape index (κ2) is 9.97. The Morgan fingerprint density at radius 1 is 1.06 bits per heavy atom. The highest BCUT2D eigenvalue weighted by atomic mass is 79.9. The van der Waals surface area contributed by atoms with Crippen molar-refractivity contribution in [1.29, 1.82) is 0 Å². The Morgan fingerprint density at radius 3 is 2.59 bits per heavy atom. The monoisotopic (exact) mass is 511 g/mol. The summed E-state index contributed by atoms with van der Waals surface area (Å²) in [7, 11) is 0. The average Bonchev–Trinajstić information content (AvgIpc) is 3.07. The van der Waals surface area contributed by atoms with Gasteiger partial charge in [0.1, 0.15) is 5.75 Å². The smallest absolute Gasteiger partial charge is 0.302 e. The van der Waals surface area contributed by atoms with Crippen LogP contribution in [0.3, 0.4) is 0 Å². The van der Waals surface area contributed by atoms with E-state index in [9.17, 15) is 9.90 Å². The van der Waals surface area contributed by atoms with E-state index in [0.29, 0.717) is 21.8 Å². The van der Waals surface area contributed by atoms with Crippen molar-refractivity contribution < 1.29 is 14.6 Å². The van der Waals surface area contributed by atoms with Crippen molar-refractivity contribution in [3.63, 3.8) is 0 Å². The first kappa shape index (κ1) is 22.0. The molecule has 6 nitrogen and oxygen atoms in total. The summed E-state index contributed by atoms with van der Waals surface area (Å²) in [5.74, 6) is -0.134. The zero-order valence-corrected chi connectivity index (χ0v) is 19.3. The SMILES string of the molecule is O=C(COc1ccc(Cl)cc1Br)N=Nc1c(O)n(CCc2ccccc2)c2ccccc12. The Morgan fingerprint density at radius 2 is 1.81 bits per heavy atom. The van der Waals surface area contributed by atoms with Crippen LogP contribution in [0.25, 0.3) is 10.9 Å². The van der Waals surface area contributed by atoms with Gasteiger partial charge in [-0.2, -0.15) is 0 Å². The Kier molecular flexibility index (Phi) is 6.87. The minimum Gasteiger partial charge on any atom is -0.493 e. The molecule has 1 aromatic heterocycles. The highest BCUT2D eigenvalue weighted by Crippen LogP contribution is 2.39. The fraction of sp³-hybridized carbons (Fsp3) is 0.125. The van der Waals surface area contributed by atoms with Crippen LogP contribution >= 0.6 is 27.5 Å². The van der Waals surface area contributed by atoms with E-state index in [2.05, 4.69) is 26.2 Å². The minimum atomic E-state index is -0.577. The molecule has 0 radical (unpaired) electrons. The summed E-state index contributed by atoms with van der Waals surface area (Å²) in [4.78, 5) is 12.2. The quantitative estimate of drug-likeness (QED) is 0.280. The van der Waals surface area contributed by atoms with Gasteiger partial charge in [0.15, 0.2) is 12.3 Å². The highest BCUT2D eigenvalue weighted by Gasteiger charge is 2.17. The number of ether oxygens (including phenoxy) is 1. The maximum absolute atomic E-state index is 12.2. The molecule has 0 fully saturated rings. The van der Waals surface area contributed by atoms with Gasteiger partial charge in [0.05, 0.1) is 9.99 Å². The number of aromatic hydroxyl groups is 1. The molecule has 0 aliphatic rings. The van der Waals surface area contributed by atoms with Gasteiger partial charge in [-0.05, 0) is 52.2 Å². The summed E-state index contributed by atoms with van der Waals surface area (Å²) in [5.41, 5.74) is 2.24. The van der Waals surface area contributed by atoms with E-state index in [-0.39, 0.29) is 18.2 Å². The molecule has 1 amide bonds. The van der Waals surface area contributed by atoms with E-state index in [1.165, 1.54) is 0 Å². The van der Waals surface area contributed by atoms with E-state index < -0.39 is 5.91 Å². The number of nitrogens with zero attached hydrogens (tertiary/aromatic N) is 3. The molecule has 1 N–H and O–H groups in total. The van der Waals surface area contributed by atoms with Gasteiger partial charge >= 0.3 is 5.91 Å². The lowest BCUT2D eigenvalue weighted by atomic mass is 10.1. The molecule has 8 heteroatoms. The van der Waals surface area contributed by atoms with Crippen LogP contribution in [-0.4, -0.2) is 22.2 Å². The molecule has 162 valence electrons. The van der Waals surface area contributed by atoms with Crippen molar-refractivity contribution in [2.24, 2.45) is 10.2 Å². The Hall–Kier alpha value is -3.16. The Bertz CT molecular complexity index is 1290. The van der Waals surface area contributed by atoms with E-state index in [1.807, 2.05) is 54.6 Å². The molecule has 0 aliphatic heterocycles. The largest absolute Gasteiger partial charge is 0.493 e. The number of amides is 1. The van der Waals surface area contributed by atoms with Crippen molar-refractivity contribution in [3.05, 3.63) is 87.9 Å². The maximum atomic E-state index is 12.2. The standard InChI is InChI=1S/C24H19BrClN3O3/c25-19-14-17(26)10-11-21(19)32-15-22(30)27-28-23-18-8-4-5-9-20(18)29(24(23)31)13-12-16-6-2-1-3-7-16/h1-11,14,31H,12-13,15H2. The van der Waals surface area contributed by atoms with Crippen LogP contribution in [0.2, 0.25) is 5.02 Å². The molecular weight excluding hydrogens is 494 g/mol. The van der Waals surface area contributed by atoms with Crippen molar-refractivity contribution in [3.8, 4) is 11.6 Å². The minimum absolute atomic E-state index is 0.0277. The first-order chi connectivity index (χ1) is 15.5. The molecule has 4 rings (SSSR count). The first-order valence-corrected chi connectivity index (χ1v) is 11.1. The number of para-hydroxylation sites is 1. The number of hydrogen-bond acceptors (Lipinski definition) is 4. The number of azo groups is 1. The highest BCUT2D eigenvalue weighted by molar-refractivity contribution is 9.10. The van der Waals surface area contributed by atoms with Gasteiger partial charge < -0.3 is 14.4 Å². The molecule has 0 spiro atoms. The molecular formula is C24H19BrClN3O3. The number of carbonyl (C=O) groups excluding carboxylic acids is 1. The second-order valence-electron chi connectivity index (χ2n) is 7.03. The summed E-state index contributed by atoms with van der Waals surface area (Å²) >= 11 is 9.24. The van der Waals surface area contributed by atoms with Crippen molar-refractivity contribution in [2.75, 3.05) is 6.61 Å². The van der Waals surface area contributed by atoms with Crippen LogP contribution in [-0.2, 0) is 17.8 Å². The van der Waals surface area contributed by atoms with Gasteiger partial charge in [-0.15, -0.1) is 10.2 Å². The number of carbonyl (C=O) groups is 1. The van der Waals surface area contributed by atoms with Crippen LogP contribution in [0.15, 0.2) is 87.5 Å². The number of aryl methyl sites for hydroxylation is 2. The normalized spacial score (nSPS) is 11.3. The molecule has 32 heavy (non-hydrogen) atoms. The summed E-state index contributed by atoms with van der Waals surface area (Å²) in [6.45, 7) is 0.269. The van der Waals surface area contributed by atoms with Crippen LogP contribution < -0.4 is 4.74 Å². The number of rotatable bonds is 7. The van der Waals surface area contributed by atoms with Gasteiger partial charge in [-0.25, -0.2) is 0 Å². The van der Waals surface area contributed by atoms with E-state index >= 15 is 0 Å². The van der Waals surface area contributed by atoms with Crippen LogP contribution in [0.4, 0.5) is 5.69 Å². The number of hydrogen-bond donors (Lipinski definition) is 1. The van der Waals surface area contributed by atoms with Gasteiger partial charge in [0.25, 0.3) is 0 Å². The molecule has 0 aliphatic carbocycles. The van der Waals surface area contributed by atoms with E-state index in [1.54, 1.807) is 22.8 Å². The third kappa shape index (κ3) is 5.00. The lowest BCUT2D eigenvalue weighted by Gasteiger charge is -2.07. The lowest BCUT2D eigenvalue weighted by molar-refractivity contribution is -0.120. The summed E-state index contributed by atoms with van der Waals surface area (Å²) in [6, 6.07) is 22.5. The Balaban J connectivity index is 1.51. The Labute approximate surface area is 198 Å². The number of halogens is 2. The van der Waals surface area contributed by atoms with Crippen molar-refractivity contribution in [2.45, 2.75) is 13.0 Å². The van der Waals surface area contributed by atoms with E-state index in [4.69, 9.17) is 16.3 Å². The predicted molar refractivity (Wildman–Crippen MR) is 128 cm³/mol. The third-order valence-electron chi connectivity index (χ3n) is 4.89. The van der Waals surface area contributed by atoms with Crippen LogP contribution in [0, 0.1) is 0 Å². The maximum Gasteiger partial charge on any atom is 0.302 e. The molecule has 0 atom stereocenters. The molecule has 0 saturated carbocycles. The molecule has 1 heterocycles. The summed E-state index contributed by atoms with van der Waals surface area (Å²) in [5, 5.41) is 19.9. The summed E-state index contributed by atoms with van der Waals surface area (Å²) in [6.07, 6.45) is 0.742. The predicted octanol–water partition coefficient (Wildman–Crippen LogP) is 6.69. The van der Waals surface area contributed by atoms with Crippen molar-refractivity contribution in [1.82, 2.24) is 4.57 Å². The fourth-order valence-electron chi connectivity index (χ4n) is 3.35. The molecule has 0 saturated heterocycles. The zero-order chi connectivity index (χ0) is 22.5. The molecule has 3 aromatic carbocycles. The number of benzene rings is 3. The number of aromatic nitrogens is 1. The van der Waals surface area contributed by atoms with Gasteiger partial charge in [-0.1, -0.05) is 60.1 Å². The second-order valence-corrected chi connectivity index (χ2v) is 8.32. The van der Waals surface area contributed by atoms with E-state index in [0.717, 1.165) is 22.9 Å². The van der Waals surface area contributed by atoms with Crippen LogP contribution in [0.1, 0.15) is 5.56 Å². The van der Waals surface area contributed by atoms with Crippen molar-refractivity contribution >= 4 is 50.0 Å². The third-order valence-corrected chi connectivity index (χ3v) is 5.75. The average molecular weight is 513 g/mol. The molecule has 0 unspecified atom stereocenters. The van der Waals surface area contributed by atoms with Gasteiger partial charge in [0.2, 0.25) is 5.88 Å². The zero-order valence-electron chi connectivity index (χ0n) is 16.9. The van der Waals surface area contributed by atoms with Crippen LogP contribution in [0.5, 0.6) is 11.6 Å². The molecule has 4 aromatic rings. The fourth-order valence-corrected chi connectivity index (χ4v) is 4.15. The summed E-state index contributed by atoms with van der Waals surface area (Å²) < 4.78 is 7.89. The first-order valence-electron chi connectivity index (χ1n) is 9.89. The van der Waals surface area contributed by atoms with Gasteiger partial charge in [-0.3, -0.25) is 4.79 Å². The molecule has 0 bridgehead atoms. The lowest BCUT2D eigenvalue weighted by Crippen LogP contribution is -2.08. The van der Waals surface area contributed by atoms with Gasteiger partial charge in [0, 0.05) is 17.0 Å².